The molecule has 1 aromatic heterocycles. The van der Waals surface area contributed by atoms with Gasteiger partial charge in [0.1, 0.15) is 17.4 Å². The Kier molecular flexibility index (Phi) is 4.30. The first-order valence-electron chi connectivity index (χ1n) is 10.7. The molecule has 0 aliphatic carbocycles. The van der Waals surface area contributed by atoms with Crippen molar-refractivity contribution in [3.8, 4) is 5.75 Å². The summed E-state index contributed by atoms with van der Waals surface area (Å²) in [6.45, 7) is 3.57. The van der Waals surface area contributed by atoms with Gasteiger partial charge in [-0.25, -0.2) is 8.42 Å². The van der Waals surface area contributed by atoms with Gasteiger partial charge in [-0.3, -0.25) is 9.58 Å². The molecule has 1 fully saturated rings. The van der Waals surface area contributed by atoms with E-state index < -0.39 is 9.84 Å². The molecule has 3 heterocycles. The molecule has 0 bridgehead atoms. The summed E-state index contributed by atoms with van der Waals surface area (Å²) in [5.41, 5.74) is 0.763. The molecule has 3 aromatic carbocycles. The fourth-order valence-corrected chi connectivity index (χ4v) is 6.49. The van der Waals surface area contributed by atoms with Crippen LogP contribution in [0.15, 0.2) is 70.6 Å². The highest BCUT2D eigenvalue weighted by Crippen LogP contribution is 2.37. The lowest BCUT2D eigenvalue weighted by molar-refractivity contribution is 0.119. The number of hydrogen-bond acceptors (Lipinski definition) is 5. The first-order chi connectivity index (χ1) is 15.1. The van der Waals surface area contributed by atoms with Crippen LogP contribution >= 0.6 is 0 Å². The van der Waals surface area contributed by atoms with E-state index in [-0.39, 0.29) is 16.0 Å². The predicted octanol–water partition coefficient (Wildman–Crippen LogP) is 3.88. The normalized spacial score (nSPS) is 19.2. The Morgan fingerprint density at radius 3 is 2.55 bits per heavy atom. The number of likely N-dealkylation sites (tertiary alicyclic amines) is 1. The van der Waals surface area contributed by atoms with Crippen molar-refractivity contribution in [1.82, 2.24) is 14.7 Å². The van der Waals surface area contributed by atoms with Crippen LogP contribution in [0, 0.1) is 0 Å². The van der Waals surface area contributed by atoms with Crippen LogP contribution in [-0.2, 0) is 16.4 Å². The molecule has 7 heteroatoms. The SMILES string of the molecule is O=S(=O)(c1cccc2ccccc12)c1nn2c3c(cccc13)OC(CN1CCCC1)C2. The summed E-state index contributed by atoms with van der Waals surface area (Å²) in [4.78, 5) is 2.70. The van der Waals surface area contributed by atoms with Crippen LogP contribution < -0.4 is 4.74 Å². The van der Waals surface area contributed by atoms with Crippen LogP contribution in [-0.4, -0.2) is 48.8 Å². The number of sulfone groups is 1. The highest BCUT2D eigenvalue weighted by molar-refractivity contribution is 7.91. The molecular formula is C24H23N3O3S. The molecule has 1 saturated heterocycles. The number of hydrogen-bond donors (Lipinski definition) is 0. The van der Waals surface area contributed by atoms with Crippen molar-refractivity contribution in [3.63, 3.8) is 0 Å². The average molecular weight is 434 g/mol. The molecule has 4 aromatic rings. The number of benzene rings is 3. The van der Waals surface area contributed by atoms with Crippen molar-refractivity contribution in [2.24, 2.45) is 0 Å². The molecular weight excluding hydrogens is 410 g/mol. The Balaban J connectivity index is 1.46. The molecule has 0 saturated carbocycles. The Morgan fingerprint density at radius 2 is 1.68 bits per heavy atom. The molecule has 2 aliphatic rings. The molecule has 6 nitrogen and oxygen atoms in total. The molecule has 0 amide bonds. The third kappa shape index (κ3) is 3.03. The Morgan fingerprint density at radius 1 is 0.935 bits per heavy atom. The van der Waals surface area contributed by atoms with E-state index in [9.17, 15) is 8.42 Å². The van der Waals surface area contributed by atoms with Crippen molar-refractivity contribution < 1.29 is 13.2 Å². The summed E-state index contributed by atoms with van der Waals surface area (Å²) in [7, 11) is -3.81. The Hall–Kier alpha value is -2.90. The molecule has 0 spiro atoms. The predicted molar refractivity (Wildman–Crippen MR) is 119 cm³/mol. The van der Waals surface area contributed by atoms with Gasteiger partial charge in [-0.15, -0.1) is 0 Å². The van der Waals surface area contributed by atoms with Gasteiger partial charge in [0.2, 0.25) is 9.84 Å². The molecule has 158 valence electrons. The first-order valence-corrected chi connectivity index (χ1v) is 12.2. The van der Waals surface area contributed by atoms with Crippen LogP contribution in [0.4, 0.5) is 0 Å². The van der Waals surface area contributed by atoms with Gasteiger partial charge >= 0.3 is 0 Å². The van der Waals surface area contributed by atoms with Gasteiger partial charge in [0.25, 0.3) is 0 Å². The van der Waals surface area contributed by atoms with E-state index in [4.69, 9.17) is 4.74 Å². The maximum Gasteiger partial charge on any atom is 0.226 e. The summed E-state index contributed by atoms with van der Waals surface area (Å²) >= 11 is 0. The number of fused-ring (bicyclic) bond motifs is 1. The number of para-hydroxylation sites is 1. The molecule has 31 heavy (non-hydrogen) atoms. The topological polar surface area (TPSA) is 64.4 Å². The van der Waals surface area contributed by atoms with Crippen molar-refractivity contribution in [2.75, 3.05) is 19.6 Å². The van der Waals surface area contributed by atoms with Crippen LogP contribution in [0.25, 0.3) is 21.7 Å². The second-order valence-corrected chi connectivity index (χ2v) is 10.2. The molecule has 2 aliphatic heterocycles. The number of ether oxygens (including phenoxy) is 1. The fourth-order valence-electron chi connectivity index (χ4n) is 4.89. The minimum Gasteiger partial charge on any atom is -0.485 e. The van der Waals surface area contributed by atoms with E-state index in [0.717, 1.165) is 30.5 Å². The molecule has 1 unspecified atom stereocenters. The average Bonchev–Trinajstić information content (AvgIpc) is 3.43. The smallest absolute Gasteiger partial charge is 0.226 e. The third-order valence-corrected chi connectivity index (χ3v) is 8.07. The summed E-state index contributed by atoms with van der Waals surface area (Å²) in [6.07, 6.45) is 2.41. The highest BCUT2D eigenvalue weighted by atomic mass is 32.2. The number of aromatic nitrogens is 2. The summed E-state index contributed by atoms with van der Waals surface area (Å²) in [5.74, 6) is 0.708. The zero-order valence-corrected chi connectivity index (χ0v) is 17.9. The second kappa shape index (κ2) is 7.07. The van der Waals surface area contributed by atoms with Gasteiger partial charge in [-0.1, -0.05) is 42.5 Å². The lowest BCUT2D eigenvalue weighted by Gasteiger charge is -2.28. The minimum atomic E-state index is -3.81. The zero-order valence-electron chi connectivity index (χ0n) is 17.1. The summed E-state index contributed by atoms with van der Waals surface area (Å²) in [5, 5.41) is 6.95. The van der Waals surface area contributed by atoms with Crippen LogP contribution in [0.5, 0.6) is 5.75 Å². The summed E-state index contributed by atoms with van der Waals surface area (Å²) in [6, 6.07) is 18.5. The highest BCUT2D eigenvalue weighted by Gasteiger charge is 2.32. The zero-order chi connectivity index (χ0) is 21.0. The standard InChI is InChI=1S/C24H23N3O3S/c28-31(29,22-12-5-8-17-7-1-2-9-19(17)22)24-20-10-6-11-21-23(20)27(25-24)16-18(30-21)15-26-13-3-4-14-26/h1-2,5-12,18H,3-4,13-16H2. The van der Waals surface area contributed by atoms with Gasteiger partial charge in [0, 0.05) is 17.3 Å². The van der Waals surface area contributed by atoms with Gasteiger partial charge in [-0.2, -0.15) is 5.10 Å². The Labute approximate surface area is 181 Å². The Bertz CT molecular complexity index is 1400. The van der Waals surface area contributed by atoms with Gasteiger partial charge < -0.3 is 4.74 Å². The third-order valence-electron chi connectivity index (χ3n) is 6.32. The molecule has 1 atom stereocenters. The van der Waals surface area contributed by atoms with Crippen molar-refractivity contribution in [3.05, 3.63) is 60.7 Å². The minimum absolute atomic E-state index is 0.0378. The summed E-state index contributed by atoms with van der Waals surface area (Å²) < 4.78 is 35.6. The lowest BCUT2D eigenvalue weighted by Crippen LogP contribution is -2.38. The number of rotatable bonds is 4. The van der Waals surface area contributed by atoms with Gasteiger partial charge in [-0.05, 0) is 49.5 Å². The quantitative estimate of drug-likeness (QED) is 0.489. The molecule has 0 N–H and O–H groups in total. The fraction of sp³-hybridized carbons (Fsp3) is 0.292. The van der Waals surface area contributed by atoms with E-state index in [1.54, 1.807) is 12.1 Å². The van der Waals surface area contributed by atoms with E-state index in [0.29, 0.717) is 23.1 Å². The monoisotopic (exact) mass is 433 g/mol. The van der Waals surface area contributed by atoms with E-state index in [2.05, 4.69) is 10.00 Å². The van der Waals surface area contributed by atoms with E-state index >= 15 is 0 Å². The largest absolute Gasteiger partial charge is 0.485 e. The molecule has 6 rings (SSSR count). The molecule has 0 radical (unpaired) electrons. The van der Waals surface area contributed by atoms with E-state index in [1.807, 2.05) is 53.2 Å². The van der Waals surface area contributed by atoms with Crippen LogP contribution in [0.3, 0.4) is 0 Å². The van der Waals surface area contributed by atoms with Gasteiger partial charge in [0.15, 0.2) is 5.03 Å². The lowest BCUT2D eigenvalue weighted by atomic mass is 10.1. The second-order valence-electron chi connectivity index (χ2n) is 8.37. The van der Waals surface area contributed by atoms with Crippen molar-refractivity contribution >= 4 is 31.5 Å². The van der Waals surface area contributed by atoms with Crippen molar-refractivity contribution in [1.29, 1.82) is 0 Å². The van der Waals surface area contributed by atoms with Crippen molar-refractivity contribution in [2.45, 2.75) is 35.4 Å². The van der Waals surface area contributed by atoms with Gasteiger partial charge in [0.05, 0.1) is 11.4 Å². The van der Waals surface area contributed by atoms with Crippen LogP contribution in [0.2, 0.25) is 0 Å². The van der Waals surface area contributed by atoms with E-state index in [1.165, 1.54) is 12.8 Å². The maximum absolute atomic E-state index is 13.8. The van der Waals surface area contributed by atoms with Crippen LogP contribution in [0.1, 0.15) is 12.8 Å². The maximum atomic E-state index is 13.8. The first kappa shape index (κ1) is 18.8. The number of nitrogens with zero attached hydrogens (tertiary/aromatic N) is 3.